The van der Waals surface area contributed by atoms with Crippen LogP contribution in [0.1, 0.15) is 25.8 Å². The van der Waals surface area contributed by atoms with Gasteiger partial charge in [0.25, 0.3) is 0 Å². The number of benzene rings is 1. The summed E-state index contributed by atoms with van der Waals surface area (Å²) in [4.78, 5) is 4.22. The van der Waals surface area contributed by atoms with Gasteiger partial charge < -0.3 is 24.8 Å². The maximum absolute atomic E-state index is 5.47. The smallest absolute Gasteiger partial charge is 0.203 e. The van der Waals surface area contributed by atoms with Gasteiger partial charge in [-0.2, -0.15) is 0 Å². The Morgan fingerprint density at radius 2 is 1.78 bits per heavy atom. The first-order valence-electron chi connectivity index (χ1n) is 7.36. The highest BCUT2D eigenvalue weighted by molar-refractivity contribution is 14.0. The van der Waals surface area contributed by atoms with E-state index in [1.165, 1.54) is 0 Å². The fourth-order valence-electron chi connectivity index (χ4n) is 2.01. The number of halogens is 1. The molecule has 6 nitrogen and oxygen atoms in total. The summed E-state index contributed by atoms with van der Waals surface area (Å²) in [6.45, 7) is 4.81. The van der Waals surface area contributed by atoms with Crippen molar-refractivity contribution in [3.63, 3.8) is 0 Å². The topological polar surface area (TPSA) is 64.1 Å². The molecule has 0 saturated carbocycles. The fourth-order valence-corrected chi connectivity index (χ4v) is 2.01. The van der Waals surface area contributed by atoms with Crippen molar-refractivity contribution >= 4 is 29.9 Å². The van der Waals surface area contributed by atoms with Gasteiger partial charge in [0.1, 0.15) is 0 Å². The molecular weight excluding hydrogens is 409 g/mol. The Labute approximate surface area is 156 Å². The molecular formula is C16H28IN3O3. The van der Waals surface area contributed by atoms with Crippen LogP contribution in [-0.2, 0) is 6.54 Å². The summed E-state index contributed by atoms with van der Waals surface area (Å²) in [5.74, 6) is 2.65. The summed E-state index contributed by atoms with van der Waals surface area (Å²) in [5, 5.41) is 6.59. The van der Waals surface area contributed by atoms with E-state index in [0.717, 1.165) is 17.9 Å². The summed E-state index contributed by atoms with van der Waals surface area (Å²) >= 11 is 0. The zero-order chi connectivity index (χ0) is 16.5. The average molecular weight is 437 g/mol. The molecule has 0 fully saturated rings. The first-order chi connectivity index (χ1) is 10.6. The number of rotatable bonds is 7. The molecule has 0 aliphatic heterocycles. The lowest BCUT2D eigenvalue weighted by molar-refractivity contribution is 0.322. The highest BCUT2D eigenvalue weighted by atomic mass is 127. The molecule has 0 radical (unpaired) electrons. The van der Waals surface area contributed by atoms with Gasteiger partial charge in [0.15, 0.2) is 17.5 Å². The van der Waals surface area contributed by atoms with Crippen molar-refractivity contribution in [1.82, 2.24) is 10.6 Å². The Balaban J connectivity index is 0.00000484. The van der Waals surface area contributed by atoms with E-state index in [1.54, 1.807) is 28.4 Å². The summed E-state index contributed by atoms with van der Waals surface area (Å²) in [7, 11) is 6.57. The quantitative estimate of drug-likeness (QED) is 0.390. The molecule has 0 amide bonds. The molecule has 0 saturated heterocycles. The second-order valence-electron chi connectivity index (χ2n) is 4.87. The third-order valence-corrected chi connectivity index (χ3v) is 3.45. The molecule has 0 aromatic heterocycles. The number of hydrogen-bond donors (Lipinski definition) is 2. The minimum atomic E-state index is 0. The van der Waals surface area contributed by atoms with Gasteiger partial charge in [-0.3, -0.25) is 4.99 Å². The van der Waals surface area contributed by atoms with Crippen LogP contribution in [0.4, 0.5) is 0 Å². The largest absolute Gasteiger partial charge is 0.493 e. The normalized spacial score (nSPS) is 12.0. The Kier molecular flexibility index (Phi) is 10.5. The molecule has 1 unspecified atom stereocenters. The maximum Gasteiger partial charge on any atom is 0.203 e. The lowest BCUT2D eigenvalue weighted by Gasteiger charge is -2.19. The monoisotopic (exact) mass is 437 g/mol. The highest BCUT2D eigenvalue weighted by Crippen LogP contribution is 2.39. The van der Waals surface area contributed by atoms with Crippen molar-refractivity contribution in [2.24, 2.45) is 4.99 Å². The second kappa shape index (κ2) is 11.2. The van der Waals surface area contributed by atoms with Crippen molar-refractivity contribution in [3.8, 4) is 17.2 Å². The van der Waals surface area contributed by atoms with Gasteiger partial charge in [0.2, 0.25) is 5.75 Å². The number of nitrogens with one attached hydrogen (secondary N) is 2. The Morgan fingerprint density at radius 3 is 2.26 bits per heavy atom. The molecule has 132 valence electrons. The molecule has 7 heteroatoms. The lowest BCUT2D eigenvalue weighted by atomic mass is 10.1. The van der Waals surface area contributed by atoms with E-state index in [-0.39, 0.29) is 24.0 Å². The van der Waals surface area contributed by atoms with Gasteiger partial charge in [-0.25, -0.2) is 0 Å². The van der Waals surface area contributed by atoms with Gasteiger partial charge in [-0.1, -0.05) is 6.92 Å². The number of aliphatic imine (C=N–C) groups is 1. The Morgan fingerprint density at radius 1 is 1.13 bits per heavy atom. The summed E-state index contributed by atoms with van der Waals surface area (Å²) < 4.78 is 16.1. The van der Waals surface area contributed by atoms with Crippen LogP contribution in [0, 0.1) is 0 Å². The van der Waals surface area contributed by atoms with Crippen molar-refractivity contribution in [3.05, 3.63) is 17.7 Å². The van der Waals surface area contributed by atoms with Gasteiger partial charge in [0, 0.05) is 25.2 Å². The highest BCUT2D eigenvalue weighted by Gasteiger charge is 2.16. The summed E-state index contributed by atoms with van der Waals surface area (Å²) in [5.41, 5.74) is 0.965. The minimum Gasteiger partial charge on any atom is -0.493 e. The number of methoxy groups -OCH3 is 3. The van der Waals surface area contributed by atoms with E-state index in [0.29, 0.717) is 29.8 Å². The number of guanidine groups is 1. The zero-order valence-corrected chi connectivity index (χ0v) is 17.1. The van der Waals surface area contributed by atoms with Crippen molar-refractivity contribution < 1.29 is 14.2 Å². The van der Waals surface area contributed by atoms with E-state index in [1.807, 2.05) is 12.1 Å². The predicted octanol–water partition coefficient (Wildman–Crippen LogP) is 2.79. The standard InChI is InChI=1S/C16H27N3O3.HI/c1-7-11(2)19-16(17-3)18-10-12-8-9-13(20-4)15(22-6)14(12)21-5;/h8-9,11H,7,10H2,1-6H3,(H2,17,18,19);1H. The number of ether oxygens (including phenoxy) is 3. The lowest BCUT2D eigenvalue weighted by Crippen LogP contribution is -2.41. The SMILES string of the molecule is CCC(C)NC(=NC)NCc1ccc(OC)c(OC)c1OC.I. The molecule has 0 bridgehead atoms. The van der Waals surface area contributed by atoms with Crippen LogP contribution in [-0.4, -0.2) is 40.4 Å². The molecule has 1 aromatic rings. The zero-order valence-electron chi connectivity index (χ0n) is 14.7. The molecule has 1 rings (SSSR count). The molecule has 23 heavy (non-hydrogen) atoms. The number of hydrogen-bond acceptors (Lipinski definition) is 4. The van der Waals surface area contributed by atoms with Crippen LogP contribution in [0.2, 0.25) is 0 Å². The predicted molar refractivity (Wildman–Crippen MR) is 105 cm³/mol. The Hall–Kier alpha value is -1.38. The van der Waals surface area contributed by atoms with Crippen LogP contribution >= 0.6 is 24.0 Å². The van der Waals surface area contributed by atoms with Crippen LogP contribution in [0.5, 0.6) is 17.2 Å². The van der Waals surface area contributed by atoms with E-state index in [9.17, 15) is 0 Å². The van der Waals surface area contributed by atoms with Gasteiger partial charge in [0.05, 0.1) is 21.3 Å². The maximum atomic E-state index is 5.47. The van der Waals surface area contributed by atoms with Gasteiger partial charge in [-0.05, 0) is 25.5 Å². The number of nitrogens with zero attached hydrogens (tertiary/aromatic N) is 1. The molecule has 2 N–H and O–H groups in total. The first-order valence-corrected chi connectivity index (χ1v) is 7.36. The Bertz CT molecular complexity index is 510. The molecule has 1 aromatic carbocycles. The van der Waals surface area contributed by atoms with Crippen LogP contribution in [0.15, 0.2) is 17.1 Å². The van der Waals surface area contributed by atoms with Gasteiger partial charge >= 0.3 is 0 Å². The van der Waals surface area contributed by atoms with E-state index in [4.69, 9.17) is 14.2 Å². The molecule has 0 spiro atoms. The van der Waals surface area contributed by atoms with E-state index in [2.05, 4.69) is 29.5 Å². The summed E-state index contributed by atoms with van der Waals surface area (Å²) in [6, 6.07) is 4.17. The molecule has 0 aliphatic carbocycles. The van der Waals surface area contributed by atoms with Crippen LogP contribution in [0.3, 0.4) is 0 Å². The van der Waals surface area contributed by atoms with Crippen LogP contribution < -0.4 is 24.8 Å². The van der Waals surface area contributed by atoms with E-state index < -0.39 is 0 Å². The van der Waals surface area contributed by atoms with Crippen molar-refractivity contribution in [2.45, 2.75) is 32.9 Å². The summed E-state index contributed by atoms with van der Waals surface area (Å²) in [6.07, 6.45) is 1.03. The third kappa shape index (κ3) is 5.96. The third-order valence-electron chi connectivity index (χ3n) is 3.45. The van der Waals surface area contributed by atoms with E-state index >= 15 is 0 Å². The minimum absolute atomic E-state index is 0. The second-order valence-corrected chi connectivity index (χ2v) is 4.87. The molecule has 0 aliphatic rings. The van der Waals surface area contributed by atoms with Crippen molar-refractivity contribution in [2.75, 3.05) is 28.4 Å². The first kappa shape index (κ1) is 21.6. The fraction of sp³-hybridized carbons (Fsp3) is 0.562. The molecule has 1 atom stereocenters. The molecule has 0 heterocycles. The van der Waals surface area contributed by atoms with Crippen LogP contribution in [0.25, 0.3) is 0 Å². The average Bonchev–Trinajstić information content (AvgIpc) is 2.56. The van der Waals surface area contributed by atoms with Gasteiger partial charge in [-0.15, -0.1) is 24.0 Å². The van der Waals surface area contributed by atoms with Crippen molar-refractivity contribution in [1.29, 1.82) is 0 Å².